The van der Waals surface area contributed by atoms with Crippen LogP contribution in [0.4, 0.5) is 0 Å². The number of halogens is 1. The van der Waals surface area contributed by atoms with Gasteiger partial charge in [0.1, 0.15) is 0 Å². The molecule has 1 aromatic carbocycles. The summed E-state index contributed by atoms with van der Waals surface area (Å²) >= 11 is 1.56. The number of aryl methyl sites for hydroxylation is 2. The lowest BCUT2D eigenvalue weighted by Gasteiger charge is -2.04. The first-order chi connectivity index (χ1) is 8.69. The molecule has 4 nitrogen and oxygen atoms in total. The molecule has 1 aromatic heterocycles. The minimum absolute atomic E-state index is 0. The molecule has 6 heteroatoms. The predicted molar refractivity (Wildman–Crippen MR) is 72.5 cm³/mol. The molecule has 2 aromatic rings. The first-order valence-electron chi connectivity index (χ1n) is 5.90. The zero-order valence-corrected chi connectivity index (χ0v) is 12.6. The summed E-state index contributed by atoms with van der Waals surface area (Å²) < 4.78 is 5.48. The van der Waals surface area contributed by atoms with Gasteiger partial charge in [0.15, 0.2) is 0 Å². The molecule has 0 radical (unpaired) electrons. The molecule has 0 saturated heterocycles. The Kier molecular flexibility index (Phi) is 6.34. The van der Waals surface area contributed by atoms with Gasteiger partial charge in [-0.1, -0.05) is 35.5 Å². The van der Waals surface area contributed by atoms with Gasteiger partial charge in [-0.3, -0.25) is 0 Å². The maximum absolute atomic E-state index is 5.48. The van der Waals surface area contributed by atoms with Crippen molar-refractivity contribution in [2.45, 2.75) is 31.2 Å². The Bertz CT molecular complexity index is 530. The van der Waals surface area contributed by atoms with Crippen LogP contribution in [-0.2, 0) is 12.2 Å². The molecule has 0 fully saturated rings. The van der Waals surface area contributed by atoms with Crippen molar-refractivity contribution in [1.82, 2.24) is 10.2 Å². The van der Waals surface area contributed by atoms with E-state index in [0.29, 0.717) is 24.1 Å². The molecule has 1 heterocycles. The minimum Gasteiger partial charge on any atom is -1.00 e. The summed E-state index contributed by atoms with van der Waals surface area (Å²) in [7, 11) is 0. The van der Waals surface area contributed by atoms with Crippen molar-refractivity contribution >= 4 is 11.8 Å². The van der Waals surface area contributed by atoms with Crippen LogP contribution >= 0.6 is 11.8 Å². The molecular weight excluding hydrogens is 282 g/mol. The Labute approximate surface area is 123 Å². The molecule has 0 spiro atoms. The number of benzene rings is 1. The highest BCUT2D eigenvalue weighted by Crippen LogP contribution is 2.23. The lowest BCUT2D eigenvalue weighted by molar-refractivity contribution is -0.00000467. The van der Waals surface area contributed by atoms with E-state index in [9.17, 15) is 0 Å². The van der Waals surface area contributed by atoms with Crippen LogP contribution in [0.5, 0.6) is 0 Å². The summed E-state index contributed by atoms with van der Waals surface area (Å²) in [5, 5.41) is 8.54. The van der Waals surface area contributed by atoms with E-state index >= 15 is 0 Å². The monoisotopic (exact) mass is 298 g/mol. The van der Waals surface area contributed by atoms with Crippen LogP contribution < -0.4 is 18.1 Å². The third-order valence-electron chi connectivity index (χ3n) is 2.66. The first kappa shape index (κ1) is 16.0. The minimum atomic E-state index is 0. The molecule has 0 aliphatic heterocycles. The normalized spacial score (nSPS) is 10.3. The van der Waals surface area contributed by atoms with E-state index in [-0.39, 0.29) is 12.4 Å². The van der Waals surface area contributed by atoms with E-state index in [1.54, 1.807) is 11.8 Å². The molecule has 0 aliphatic rings. The van der Waals surface area contributed by atoms with Crippen molar-refractivity contribution in [3.63, 3.8) is 0 Å². The standard InChI is InChI=1S/C13H17N3OS.ClH/c1-9-3-4-10(2)11(7-9)8-18-13-16-15-12(17-13)5-6-14;/h3-4,7H,5-6,8,14H2,1-2H3;1H/p-1. The summed E-state index contributed by atoms with van der Waals surface area (Å²) in [6, 6.07) is 6.45. The Morgan fingerprint density at radius 1 is 1.26 bits per heavy atom. The second-order valence-corrected chi connectivity index (χ2v) is 5.15. The first-order valence-corrected chi connectivity index (χ1v) is 6.89. The van der Waals surface area contributed by atoms with Gasteiger partial charge in [0.25, 0.3) is 5.22 Å². The van der Waals surface area contributed by atoms with E-state index in [4.69, 9.17) is 10.2 Å². The summed E-state index contributed by atoms with van der Waals surface area (Å²) in [6.07, 6.45) is 0.636. The number of rotatable bonds is 5. The van der Waals surface area contributed by atoms with E-state index in [2.05, 4.69) is 42.2 Å². The fourth-order valence-electron chi connectivity index (χ4n) is 1.62. The smallest absolute Gasteiger partial charge is 0.276 e. The Morgan fingerprint density at radius 2 is 2.05 bits per heavy atom. The molecule has 2 N–H and O–H groups in total. The third kappa shape index (κ3) is 4.53. The highest BCUT2D eigenvalue weighted by Gasteiger charge is 2.07. The average Bonchev–Trinajstić information content (AvgIpc) is 2.79. The Balaban J connectivity index is 0.00000180. The Hall–Kier alpha value is -1.04. The van der Waals surface area contributed by atoms with Gasteiger partial charge in [-0.2, -0.15) is 0 Å². The van der Waals surface area contributed by atoms with Crippen LogP contribution in [0.25, 0.3) is 0 Å². The van der Waals surface area contributed by atoms with E-state index in [0.717, 1.165) is 5.75 Å². The van der Waals surface area contributed by atoms with E-state index in [1.165, 1.54) is 16.7 Å². The van der Waals surface area contributed by atoms with Gasteiger partial charge in [-0.25, -0.2) is 0 Å². The van der Waals surface area contributed by atoms with Crippen molar-refractivity contribution in [3.8, 4) is 0 Å². The number of nitrogens with two attached hydrogens (primary N) is 1. The van der Waals surface area contributed by atoms with Gasteiger partial charge in [0.2, 0.25) is 5.89 Å². The van der Waals surface area contributed by atoms with E-state index in [1.807, 2.05) is 0 Å². The van der Waals surface area contributed by atoms with Crippen molar-refractivity contribution in [2.75, 3.05) is 6.54 Å². The summed E-state index contributed by atoms with van der Waals surface area (Å²) in [5.41, 5.74) is 9.30. The number of thioether (sulfide) groups is 1. The molecule has 2 rings (SSSR count). The topological polar surface area (TPSA) is 64.9 Å². The predicted octanol–water partition coefficient (Wildman–Crippen LogP) is -0.516. The summed E-state index contributed by atoms with van der Waals surface area (Å²) in [4.78, 5) is 0. The van der Waals surface area contributed by atoms with Gasteiger partial charge >= 0.3 is 0 Å². The van der Waals surface area contributed by atoms with Crippen LogP contribution in [0.1, 0.15) is 22.6 Å². The van der Waals surface area contributed by atoms with Crippen LogP contribution in [0.3, 0.4) is 0 Å². The Morgan fingerprint density at radius 3 is 2.79 bits per heavy atom. The van der Waals surface area contributed by atoms with E-state index < -0.39 is 0 Å². The molecule has 0 unspecified atom stereocenters. The van der Waals surface area contributed by atoms with Crippen molar-refractivity contribution < 1.29 is 16.8 Å². The molecule has 0 bridgehead atoms. The quantitative estimate of drug-likeness (QED) is 0.753. The lowest BCUT2D eigenvalue weighted by Crippen LogP contribution is -3.00. The largest absolute Gasteiger partial charge is 1.00 e. The second kappa shape index (κ2) is 7.53. The number of hydrogen-bond acceptors (Lipinski definition) is 5. The highest BCUT2D eigenvalue weighted by atomic mass is 35.5. The zero-order chi connectivity index (χ0) is 13.0. The van der Waals surface area contributed by atoms with Gasteiger partial charge in [0, 0.05) is 18.7 Å². The maximum Gasteiger partial charge on any atom is 0.276 e. The van der Waals surface area contributed by atoms with Gasteiger partial charge < -0.3 is 22.6 Å². The SMILES string of the molecule is Cc1ccc(C)c(CSc2nnc(CCN)o2)c1.[Cl-]. The van der Waals surface area contributed by atoms with Crippen molar-refractivity contribution in [1.29, 1.82) is 0 Å². The number of aromatic nitrogens is 2. The van der Waals surface area contributed by atoms with Crippen molar-refractivity contribution in [3.05, 3.63) is 40.8 Å². The van der Waals surface area contributed by atoms with Crippen molar-refractivity contribution in [2.24, 2.45) is 5.73 Å². The maximum atomic E-state index is 5.48. The fourth-order valence-corrected chi connectivity index (χ4v) is 2.46. The van der Waals surface area contributed by atoms with Gasteiger partial charge in [0.05, 0.1) is 0 Å². The third-order valence-corrected chi connectivity index (χ3v) is 3.53. The second-order valence-electron chi connectivity index (χ2n) is 4.22. The number of nitrogens with zero attached hydrogens (tertiary/aromatic N) is 2. The molecular formula is C13H17ClN3OS-. The molecule has 0 atom stereocenters. The molecule has 104 valence electrons. The van der Waals surface area contributed by atoms with Crippen LogP contribution in [0.15, 0.2) is 27.8 Å². The summed E-state index contributed by atoms with van der Waals surface area (Å²) in [5.74, 6) is 1.46. The van der Waals surface area contributed by atoms with Gasteiger partial charge in [-0.15, -0.1) is 10.2 Å². The average molecular weight is 299 g/mol. The molecule has 19 heavy (non-hydrogen) atoms. The van der Waals surface area contributed by atoms with Gasteiger partial charge in [-0.05, 0) is 25.0 Å². The van der Waals surface area contributed by atoms with Crippen LogP contribution in [0.2, 0.25) is 0 Å². The van der Waals surface area contributed by atoms with Crippen LogP contribution in [-0.4, -0.2) is 16.7 Å². The fraction of sp³-hybridized carbons (Fsp3) is 0.385. The number of hydrogen-bond donors (Lipinski definition) is 1. The zero-order valence-electron chi connectivity index (χ0n) is 11.0. The molecule has 0 saturated carbocycles. The molecule has 0 amide bonds. The van der Waals surface area contributed by atoms with Crippen LogP contribution in [0, 0.1) is 13.8 Å². The lowest BCUT2D eigenvalue weighted by atomic mass is 10.1. The highest BCUT2D eigenvalue weighted by molar-refractivity contribution is 7.98. The summed E-state index contributed by atoms with van der Waals surface area (Å²) in [6.45, 7) is 4.74. The molecule has 0 aliphatic carbocycles.